The fraction of sp³-hybridized carbons (Fsp3) is 0.700. The Labute approximate surface area is 78.7 Å². The molecule has 0 unspecified atom stereocenters. The number of ether oxygens (including phenoxy) is 2. The smallest absolute Gasteiger partial charge is 0.303 e. The highest BCUT2D eigenvalue weighted by Crippen LogP contribution is 2.18. The minimum atomic E-state index is -0.248. The topological polar surface area (TPSA) is 35.5 Å². The van der Waals surface area contributed by atoms with Crippen molar-refractivity contribution < 1.29 is 14.3 Å². The lowest BCUT2D eigenvalue weighted by Gasteiger charge is -2.21. The summed E-state index contributed by atoms with van der Waals surface area (Å²) in [5, 5.41) is 0. The third-order valence-electron chi connectivity index (χ3n) is 2.11. The molecule has 74 valence electrons. The Hall–Kier alpha value is -0.830. The van der Waals surface area contributed by atoms with E-state index >= 15 is 0 Å². The molecule has 0 amide bonds. The van der Waals surface area contributed by atoms with Crippen LogP contribution in [0.25, 0.3) is 0 Å². The Balaban J connectivity index is 2.53. The Kier molecular flexibility index (Phi) is 3.96. The van der Waals surface area contributed by atoms with Crippen molar-refractivity contribution >= 4 is 5.97 Å². The fourth-order valence-electron chi connectivity index (χ4n) is 1.50. The highest BCUT2D eigenvalue weighted by atomic mass is 16.6. The van der Waals surface area contributed by atoms with E-state index in [1.807, 2.05) is 0 Å². The van der Waals surface area contributed by atoms with Gasteiger partial charge in [-0.2, -0.15) is 0 Å². The van der Waals surface area contributed by atoms with E-state index in [0.717, 1.165) is 25.9 Å². The molecule has 3 heteroatoms. The highest BCUT2D eigenvalue weighted by molar-refractivity contribution is 5.66. The monoisotopic (exact) mass is 184 g/mol. The number of carbonyl (C=O) groups is 1. The zero-order chi connectivity index (χ0) is 9.68. The summed E-state index contributed by atoms with van der Waals surface area (Å²) < 4.78 is 10.6. The van der Waals surface area contributed by atoms with Crippen LogP contribution in [0.3, 0.4) is 0 Å². The lowest BCUT2D eigenvalue weighted by Crippen LogP contribution is -2.30. The lowest BCUT2D eigenvalue weighted by atomic mass is 10.1. The van der Waals surface area contributed by atoms with Crippen LogP contribution in [0.1, 0.15) is 26.2 Å². The zero-order valence-electron chi connectivity index (χ0n) is 7.99. The lowest BCUT2D eigenvalue weighted by molar-refractivity contribution is -0.151. The van der Waals surface area contributed by atoms with Gasteiger partial charge in [-0.25, -0.2) is 0 Å². The highest BCUT2D eigenvalue weighted by Gasteiger charge is 2.24. The molecule has 3 nitrogen and oxygen atoms in total. The summed E-state index contributed by atoms with van der Waals surface area (Å²) in [6.45, 7) is 5.82. The SMILES string of the molecule is C=C[C@@H]1OCCCC[C@@H]1OC(C)=O. The summed E-state index contributed by atoms with van der Waals surface area (Å²) in [6.07, 6.45) is 4.38. The molecule has 1 rings (SSSR count). The number of hydrogen-bond donors (Lipinski definition) is 0. The first-order chi connectivity index (χ1) is 6.24. The quantitative estimate of drug-likeness (QED) is 0.483. The molecule has 1 heterocycles. The Morgan fingerprint density at radius 1 is 1.62 bits per heavy atom. The summed E-state index contributed by atoms with van der Waals surface area (Å²) in [5.74, 6) is -0.248. The van der Waals surface area contributed by atoms with Crippen molar-refractivity contribution in [3.63, 3.8) is 0 Å². The van der Waals surface area contributed by atoms with Gasteiger partial charge in [-0.1, -0.05) is 6.08 Å². The van der Waals surface area contributed by atoms with E-state index < -0.39 is 0 Å². The molecular formula is C10H16O3. The summed E-state index contributed by atoms with van der Waals surface area (Å²) in [7, 11) is 0. The van der Waals surface area contributed by atoms with E-state index in [4.69, 9.17) is 9.47 Å². The van der Waals surface area contributed by atoms with Gasteiger partial charge in [0.25, 0.3) is 0 Å². The summed E-state index contributed by atoms with van der Waals surface area (Å²) in [4.78, 5) is 10.8. The minimum absolute atomic E-state index is 0.133. The van der Waals surface area contributed by atoms with Crippen LogP contribution in [0.2, 0.25) is 0 Å². The summed E-state index contributed by atoms with van der Waals surface area (Å²) >= 11 is 0. The van der Waals surface area contributed by atoms with Crippen LogP contribution in [0.4, 0.5) is 0 Å². The average molecular weight is 184 g/mol. The Morgan fingerprint density at radius 2 is 2.38 bits per heavy atom. The van der Waals surface area contributed by atoms with Gasteiger partial charge in [0.1, 0.15) is 12.2 Å². The first-order valence-corrected chi connectivity index (χ1v) is 4.65. The van der Waals surface area contributed by atoms with Gasteiger partial charge >= 0.3 is 5.97 Å². The van der Waals surface area contributed by atoms with E-state index in [-0.39, 0.29) is 18.2 Å². The van der Waals surface area contributed by atoms with Crippen molar-refractivity contribution in [3.8, 4) is 0 Å². The van der Waals surface area contributed by atoms with E-state index in [1.54, 1.807) is 6.08 Å². The van der Waals surface area contributed by atoms with Crippen molar-refractivity contribution in [2.24, 2.45) is 0 Å². The predicted molar refractivity (Wildman–Crippen MR) is 49.3 cm³/mol. The molecule has 0 N–H and O–H groups in total. The Morgan fingerprint density at radius 3 is 3.00 bits per heavy atom. The van der Waals surface area contributed by atoms with Gasteiger partial charge in [-0.05, 0) is 19.3 Å². The van der Waals surface area contributed by atoms with Crippen LogP contribution in [-0.2, 0) is 14.3 Å². The standard InChI is InChI=1S/C10H16O3/c1-3-9-10(13-8(2)11)6-4-5-7-12-9/h3,9-10H,1,4-7H2,2H3/t9-,10-/m0/s1. The maximum atomic E-state index is 10.8. The number of esters is 1. The molecule has 0 aromatic carbocycles. The van der Waals surface area contributed by atoms with Crippen LogP contribution in [0.5, 0.6) is 0 Å². The third kappa shape index (κ3) is 3.19. The van der Waals surface area contributed by atoms with Gasteiger partial charge in [-0.3, -0.25) is 4.79 Å². The van der Waals surface area contributed by atoms with Gasteiger partial charge in [0.2, 0.25) is 0 Å². The maximum Gasteiger partial charge on any atom is 0.303 e. The molecule has 0 aromatic rings. The van der Waals surface area contributed by atoms with E-state index in [9.17, 15) is 4.79 Å². The molecule has 1 aliphatic heterocycles. The van der Waals surface area contributed by atoms with Crippen LogP contribution < -0.4 is 0 Å². The van der Waals surface area contributed by atoms with E-state index in [2.05, 4.69) is 6.58 Å². The molecule has 13 heavy (non-hydrogen) atoms. The summed E-state index contributed by atoms with van der Waals surface area (Å²) in [5.41, 5.74) is 0. The second kappa shape index (κ2) is 5.02. The normalized spacial score (nSPS) is 29.0. The fourth-order valence-corrected chi connectivity index (χ4v) is 1.50. The van der Waals surface area contributed by atoms with E-state index in [0.29, 0.717) is 0 Å². The molecule has 2 atom stereocenters. The molecule has 0 aliphatic carbocycles. The molecule has 0 spiro atoms. The van der Waals surface area contributed by atoms with Crippen molar-refractivity contribution in [2.45, 2.75) is 38.4 Å². The minimum Gasteiger partial charge on any atom is -0.459 e. The van der Waals surface area contributed by atoms with Crippen molar-refractivity contribution in [1.82, 2.24) is 0 Å². The van der Waals surface area contributed by atoms with Gasteiger partial charge in [0, 0.05) is 13.5 Å². The van der Waals surface area contributed by atoms with Gasteiger partial charge in [0.05, 0.1) is 0 Å². The number of carbonyl (C=O) groups excluding carboxylic acids is 1. The van der Waals surface area contributed by atoms with Gasteiger partial charge in [-0.15, -0.1) is 6.58 Å². The largest absolute Gasteiger partial charge is 0.459 e. The van der Waals surface area contributed by atoms with Crippen LogP contribution in [-0.4, -0.2) is 24.8 Å². The molecule has 0 aromatic heterocycles. The molecule has 0 bridgehead atoms. The van der Waals surface area contributed by atoms with Gasteiger partial charge in [0.15, 0.2) is 0 Å². The van der Waals surface area contributed by atoms with Gasteiger partial charge < -0.3 is 9.47 Å². The first-order valence-electron chi connectivity index (χ1n) is 4.65. The molecule has 0 saturated carbocycles. The second-order valence-corrected chi connectivity index (χ2v) is 3.21. The number of rotatable bonds is 2. The molecule has 1 aliphatic rings. The predicted octanol–water partition coefficient (Wildman–Crippen LogP) is 1.67. The van der Waals surface area contributed by atoms with Crippen molar-refractivity contribution in [1.29, 1.82) is 0 Å². The number of hydrogen-bond acceptors (Lipinski definition) is 3. The van der Waals surface area contributed by atoms with Crippen LogP contribution in [0.15, 0.2) is 12.7 Å². The van der Waals surface area contributed by atoms with Crippen LogP contribution in [0, 0.1) is 0 Å². The maximum absolute atomic E-state index is 10.8. The van der Waals surface area contributed by atoms with Crippen molar-refractivity contribution in [2.75, 3.05) is 6.61 Å². The van der Waals surface area contributed by atoms with Crippen molar-refractivity contribution in [3.05, 3.63) is 12.7 Å². The van der Waals surface area contributed by atoms with E-state index in [1.165, 1.54) is 6.92 Å². The molecule has 0 radical (unpaired) electrons. The summed E-state index contributed by atoms with van der Waals surface area (Å²) in [6, 6.07) is 0. The first kappa shape index (κ1) is 10.3. The Bertz CT molecular complexity index is 189. The molecule has 1 saturated heterocycles. The van der Waals surface area contributed by atoms with Crippen LogP contribution >= 0.6 is 0 Å². The zero-order valence-corrected chi connectivity index (χ0v) is 7.99. The average Bonchev–Trinajstić information content (AvgIpc) is 2.28. The second-order valence-electron chi connectivity index (χ2n) is 3.21. The third-order valence-corrected chi connectivity index (χ3v) is 2.11. The molecule has 1 fully saturated rings. The molecular weight excluding hydrogens is 168 g/mol.